The average molecular weight is 102 g/mol. The number of allylic oxidation sites excluding steroid dienone is 1. The summed E-state index contributed by atoms with van der Waals surface area (Å²) in [6.07, 6.45) is 1.21. The Hall–Kier alpha value is -0.570. The van der Waals surface area contributed by atoms with E-state index in [0.717, 1.165) is 0 Å². The Bertz CT molecular complexity index is 146. The first-order valence-corrected chi connectivity index (χ1v) is 2.42. The topological polar surface area (TPSA) is 40.9 Å². The molecule has 0 aliphatic rings. The van der Waals surface area contributed by atoms with E-state index in [0.29, 0.717) is 0 Å². The third-order valence-corrected chi connectivity index (χ3v) is 0.571. The average Bonchev–Trinajstić information content (AvgIpc) is 1.35. The van der Waals surface area contributed by atoms with Crippen molar-refractivity contribution in [3.63, 3.8) is 0 Å². The Kier molecular flexibility index (Phi) is 2.40. The second-order valence-corrected chi connectivity index (χ2v) is 1.36. The molecular formula is C3H4NOS. The molecule has 0 amide bonds. The van der Waals surface area contributed by atoms with Crippen LogP contribution in [-0.4, -0.2) is 9.58 Å². The van der Waals surface area contributed by atoms with Gasteiger partial charge in [0.25, 0.3) is 0 Å². The maximum Gasteiger partial charge on any atom is 0.103 e. The van der Waals surface area contributed by atoms with Crippen molar-refractivity contribution in [2.45, 2.75) is 0 Å². The van der Waals surface area contributed by atoms with Crippen LogP contribution in [0, 0.1) is 4.78 Å². The lowest BCUT2D eigenvalue weighted by atomic mass is 10.8. The number of hydrogen-bond acceptors (Lipinski definition) is 2. The molecule has 2 nitrogen and oxygen atoms in total. The van der Waals surface area contributed by atoms with Crippen molar-refractivity contribution in [3.05, 3.63) is 12.7 Å². The van der Waals surface area contributed by atoms with Gasteiger partial charge < -0.3 is 0 Å². The van der Waals surface area contributed by atoms with Crippen molar-refractivity contribution in [2.24, 2.45) is 0 Å². The molecule has 0 unspecified atom stereocenters. The van der Waals surface area contributed by atoms with Gasteiger partial charge in [-0.3, -0.25) is 0 Å². The van der Waals surface area contributed by atoms with Crippen molar-refractivity contribution in [3.8, 4) is 0 Å². The molecule has 0 atom stereocenters. The van der Waals surface area contributed by atoms with E-state index in [1.165, 1.54) is 6.08 Å². The summed E-state index contributed by atoms with van der Waals surface area (Å²) in [5.41, 5.74) is 0. The van der Waals surface area contributed by atoms with Crippen LogP contribution in [-0.2, 0) is 10.2 Å². The molecule has 6 heavy (non-hydrogen) atoms. The lowest BCUT2D eigenvalue weighted by Gasteiger charge is -1.48. The predicted molar refractivity (Wildman–Crippen MR) is 26.1 cm³/mol. The van der Waals surface area contributed by atoms with Crippen molar-refractivity contribution in [1.29, 1.82) is 4.78 Å². The van der Waals surface area contributed by atoms with Crippen molar-refractivity contribution in [1.82, 2.24) is 0 Å². The summed E-state index contributed by atoms with van der Waals surface area (Å²) < 4.78 is 15.9. The van der Waals surface area contributed by atoms with Crippen LogP contribution in [0.25, 0.3) is 0 Å². The minimum absolute atomic E-state index is 1.21. The lowest BCUT2D eigenvalue weighted by Crippen LogP contribution is -1.56. The van der Waals surface area contributed by atoms with E-state index < -0.39 is 10.2 Å². The molecule has 0 aliphatic carbocycles. The molecule has 0 bridgehead atoms. The van der Waals surface area contributed by atoms with Gasteiger partial charge in [0.15, 0.2) is 0 Å². The van der Waals surface area contributed by atoms with Crippen molar-refractivity contribution in [2.75, 3.05) is 0 Å². The van der Waals surface area contributed by atoms with Crippen LogP contribution in [0.15, 0.2) is 12.7 Å². The normalized spacial score (nSPS) is 6.67. The van der Waals surface area contributed by atoms with Gasteiger partial charge in [0.05, 0.1) is 5.37 Å². The summed E-state index contributed by atoms with van der Waals surface area (Å²) in [5, 5.41) is 2.11. The standard InChI is InChI=1S/C3H4NOS/c1-2-3-6(4)5/h2,4H,1H2. The third kappa shape index (κ3) is 3.43. The van der Waals surface area contributed by atoms with Crippen molar-refractivity contribution >= 4 is 15.6 Å². The molecule has 0 aromatic heterocycles. The van der Waals surface area contributed by atoms with Crippen LogP contribution in [0.3, 0.4) is 0 Å². The summed E-state index contributed by atoms with van der Waals surface area (Å²) in [6, 6.07) is 0. The van der Waals surface area contributed by atoms with Crippen molar-refractivity contribution < 1.29 is 4.21 Å². The summed E-state index contributed by atoms with van der Waals surface area (Å²) >= 11 is 0. The maximum atomic E-state index is 9.64. The second-order valence-electron chi connectivity index (χ2n) is 0.591. The Morgan fingerprint density at radius 1 is 2.00 bits per heavy atom. The van der Waals surface area contributed by atoms with Gasteiger partial charge in [-0.2, -0.15) is 0 Å². The van der Waals surface area contributed by atoms with Gasteiger partial charge in [-0.25, -0.2) is 8.99 Å². The van der Waals surface area contributed by atoms with Crippen LogP contribution in [0.4, 0.5) is 0 Å². The zero-order valence-electron chi connectivity index (χ0n) is 3.10. The van der Waals surface area contributed by atoms with E-state index in [1.807, 2.05) is 0 Å². The molecule has 33 valence electrons. The monoisotopic (exact) mass is 102 g/mol. The highest BCUT2D eigenvalue weighted by atomic mass is 32.2. The third-order valence-electron chi connectivity index (χ3n) is 0.190. The van der Waals surface area contributed by atoms with Crippen LogP contribution < -0.4 is 0 Å². The van der Waals surface area contributed by atoms with Gasteiger partial charge in [0, 0.05) is 0 Å². The first kappa shape index (κ1) is 5.43. The molecule has 1 N–H and O–H groups in total. The van der Waals surface area contributed by atoms with Gasteiger partial charge in [-0.05, 0) is 6.08 Å². The van der Waals surface area contributed by atoms with E-state index >= 15 is 0 Å². The highest BCUT2D eigenvalue weighted by Gasteiger charge is 1.51. The van der Waals surface area contributed by atoms with E-state index in [1.54, 1.807) is 0 Å². The molecule has 0 fully saturated rings. The van der Waals surface area contributed by atoms with Crippen LogP contribution in [0.2, 0.25) is 0 Å². The largest absolute Gasteiger partial charge is 0.222 e. The van der Waals surface area contributed by atoms with E-state index in [2.05, 4.69) is 11.9 Å². The Labute approximate surface area is 38.1 Å². The predicted octanol–water partition coefficient (Wildman–Crippen LogP) is 0.363. The SMILES string of the molecule is C=C[C]=S(=N)=O. The fourth-order valence-electron chi connectivity index (χ4n) is 0.0757. The summed E-state index contributed by atoms with van der Waals surface area (Å²) in [5.74, 6) is 0. The molecule has 0 aromatic carbocycles. The second kappa shape index (κ2) is 2.66. The van der Waals surface area contributed by atoms with Gasteiger partial charge in [0.2, 0.25) is 0 Å². The molecule has 0 spiro atoms. The minimum Gasteiger partial charge on any atom is -0.222 e. The molecular weight excluding hydrogens is 98.1 g/mol. The Morgan fingerprint density at radius 2 is 2.50 bits per heavy atom. The highest BCUT2D eigenvalue weighted by molar-refractivity contribution is 7.72. The van der Waals surface area contributed by atoms with E-state index in [9.17, 15) is 4.21 Å². The zero-order valence-corrected chi connectivity index (χ0v) is 3.92. The number of rotatable bonds is 1. The van der Waals surface area contributed by atoms with E-state index in [4.69, 9.17) is 4.78 Å². The van der Waals surface area contributed by atoms with Gasteiger partial charge >= 0.3 is 0 Å². The molecule has 0 saturated carbocycles. The fraction of sp³-hybridized carbons (Fsp3) is 0. The molecule has 0 rings (SSSR count). The first-order chi connectivity index (χ1) is 2.77. The molecule has 1 radical (unpaired) electrons. The Morgan fingerprint density at radius 3 is 2.50 bits per heavy atom. The number of nitrogens with one attached hydrogen (secondary N) is 1. The molecule has 0 saturated heterocycles. The summed E-state index contributed by atoms with van der Waals surface area (Å²) in [7, 11) is -1.68. The molecule has 0 heterocycles. The smallest absolute Gasteiger partial charge is 0.103 e. The zero-order chi connectivity index (χ0) is 4.99. The minimum atomic E-state index is -1.68. The Balaban J connectivity index is 4.17. The van der Waals surface area contributed by atoms with Crippen LogP contribution in [0.5, 0.6) is 0 Å². The fourth-order valence-corrected chi connectivity index (χ4v) is 0.227. The van der Waals surface area contributed by atoms with Gasteiger partial charge in [-0.1, -0.05) is 6.58 Å². The maximum absolute atomic E-state index is 9.64. The quantitative estimate of drug-likeness (QED) is 0.377. The van der Waals surface area contributed by atoms with Gasteiger partial charge in [0.1, 0.15) is 10.2 Å². The van der Waals surface area contributed by atoms with Gasteiger partial charge in [-0.15, -0.1) is 0 Å². The molecule has 0 aromatic rings. The van der Waals surface area contributed by atoms with Crippen LogP contribution in [0.1, 0.15) is 0 Å². The lowest BCUT2D eigenvalue weighted by molar-refractivity contribution is 0.695. The molecule has 0 aliphatic heterocycles. The first-order valence-electron chi connectivity index (χ1n) is 1.27. The number of hydrogen-bond donors (Lipinski definition) is 1. The summed E-state index contributed by atoms with van der Waals surface area (Å²) in [4.78, 5) is 0. The van der Waals surface area contributed by atoms with Crippen LogP contribution >= 0.6 is 0 Å². The highest BCUT2D eigenvalue weighted by Crippen LogP contribution is 1.45. The molecule has 3 heteroatoms. The van der Waals surface area contributed by atoms with E-state index in [-0.39, 0.29) is 0 Å². The summed E-state index contributed by atoms with van der Waals surface area (Å²) in [6.45, 7) is 3.18.